The second-order valence-electron chi connectivity index (χ2n) is 5.40. The van der Waals surface area contributed by atoms with E-state index in [0.717, 1.165) is 0 Å². The lowest BCUT2D eigenvalue weighted by molar-refractivity contribution is -0.144. The molecule has 26 heavy (non-hydrogen) atoms. The van der Waals surface area contributed by atoms with E-state index in [1.807, 2.05) is 0 Å². The molecule has 0 aliphatic heterocycles. The second-order valence-corrected chi connectivity index (χ2v) is 5.40. The summed E-state index contributed by atoms with van der Waals surface area (Å²) in [5, 5.41) is 0.643. The highest BCUT2D eigenvalue weighted by Gasteiger charge is 2.18. The molecule has 0 radical (unpaired) electrons. The van der Waals surface area contributed by atoms with Crippen LogP contribution in [0.25, 0.3) is 16.5 Å². The lowest BCUT2D eigenvalue weighted by Gasteiger charge is -2.12. The molecule has 0 saturated carbocycles. The fraction of sp³-hybridized carbons (Fsp3) is 0.105. The molecule has 7 heteroatoms. The monoisotopic (exact) mass is 355 g/mol. The Labute approximate surface area is 147 Å². The summed E-state index contributed by atoms with van der Waals surface area (Å²) in [5.74, 6) is -2.02. The second kappa shape index (κ2) is 7.18. The molecule has 0 fully saturated rings. The van der Waals surface area contributed by atoms with Gasteiger partial charge in [0.2, 0.25) is 0 Å². The smallest absolute Gasteiger partial charge is 0.344 e. The third-order valence-electron chi connectivity index (χ3n) is 3.78. The maximum absolute atomic E-state index is 13.5. The molecule has 0 bridgehead atoms. The molecular weight excluding hydrogens is 341 g/mol. The Morgan fingerprint density at radius 1 is 1.08 bits per heavy atom. The zero-order chi connectivity index (χ0) is 18.7. The van der Waals surface area contributed by atoms with Crippen molar-refractivity contribution in [3.05, 3.63) is 76.5 Å². The number of hydrogen-bond acceptors (Lipinski definition) is 5. The van der Waals surface area contributed by atoms with Crippen LogP contribution in [-0.2, 0) is 14.3 Å². The molecule has 6 nitrogen and oxygen atoms in total. The Balaban J connectivity index is 2.16. The van der Waals surface area contributed by atoms with Crippen LogP contribution in [0.1, 0.15) is 10.4 Å². The van der Waals surface area contributed by atoms with Crippen molar-refractivity contribution < 1.29 is 23.5 Å². The molecule has 3 rings (SSSR count). The number of hydrogen-bond donors (Lipinski definition) is 0. The SMILES string of the molecule is COC(=O)COC(=O)c1cn(-c2cccc(F)c2)c(=O)c2ccccc12. The molecule has 0 amide bonds. The van der Waals surface area contributed by atoms with Gasteiger partial charge in [0.05, 0.1) is 18.4 Å². The number of ether oxygens (including phenoxy) is 2. The Hall–Kier alpha value is -3.48. The number of benzene rings is 2. The standard InChI is InChI=1S/C19H14FNO5/c1-25-17(22)11-26-19(24)16-10-21(13-6-4-5-12(20)9-13)18(23)15-8-3-2-7-14(15)16/h2-10H,11H2,1H3. The van der Waals surface area contributed by atoms with Crippen LogP contribution in [0, 0.1) is 5.82 Å². The summed E-state index contributed by atoms with van der Waals surface area (Å²) < 4.78 is 24.1. The van der Waals surface area contributed by atoms with Gasteiger partial charge in [-0.25, -0.2) is 14.0 Å². The van der Waals surface area contributed by atoms with E-state index in [4.69, 9.17) is 4.74 Å². The number of nitrogens with zero attached hydrogens (tertiary/aromatic N) is 1. The predicted octanol–water partition coefficient (Wildman–Crippen LogP) is 2.46. The molecule has 0 unspecified atom stereocenters. The maximum Gasteiger partial charge on any atom is 0.344 e. The van der Waals surface area contributed by atoms with E-state index in [-0.39, 0.29) is 16.6 Å². The molecule has 0 N–H and O–H groups in total. The fourth-order valence-corrected chi connectivity index (χ4v) is 2.53. The Morgan fingerprint density at radius 2 is 1.81 bits per heavy atom. The van der Waals surface area contributed by atoms with E-state index in [0.29, 0.717) is 5.39 Å². The Bertz CT molecular complexity index is 1060. The molecule has 0 aliphatic carbocycles. The first-order valence-electron chi connectivity index (χ1n) is 7.65. The van der Waals surface area contributed by atoms with Gasteiger partial charge in [-0.1, -0.05) is 24.3 Å². The number of methoxy groups -OCH3 is 1. The predicted molar refractivity (Wildman–Crippen MR) is 91.8 cm³/mol. The summed E-state index contributed by atoms with van der Waals surface area (Å²) in [5.41, 5.74) is -0.0631. The van der Waals surface area contributed by atoms with Crippen LogP contribution in [-0.4, -0.2) is 30.2 Å². The van der Waals surface area contributed by atoms with E-state index < -0.39 is 29.9 Å². The highest BCUT2D eigenvalue weighted by atomic mass is 19.1. The highest BCUT2D eigenvalue weighted by Crippen LogP contribution is 2.19. The van der Waals surface area contributed by atoms with Crippen molar-refractivity contribution in [2.45, 2.75) is 0 Å². The van der Waals surface area contributed by atoms with Crippen molar-refractivity contribution >= 4 is 22.7 Å². The number of carbonyl (C=O) groups excluding carboxylic acids is 2. The zero-order valence-corrected chi connectivity index (χ0v) is 13.8. The molecule has 0 atom stereocenters. The van der Waals surface area contributed by atoms with Gasteiger partial charge in [-0.05, 0) is 24.3 Å². The van der Waals surface area contributed by atoms with Crippen LogP contribution in [0.5, 0.6) is 0 Å². The van der Waals surface area contributed by atoms with E-state index >= 15 is 0 Å². The average molecular weight is 355 g/mol. The summed E-state index contributed by atoms with van der Waals surface area (Å²) in [4.78, 5) is 36.4. The number of esters is 2. The van der Waals surface area contributed by atoms with Crippen LogP contribution in [0.2, 0.25) is 0 Å². The van der Waals surface area contributed by atoms with Gasteiger partial charge >= 0.3 is 11.9 Å². The van der Waals surface area contributed by atoms with Crippen LogP contribution in [0.15, 0.2) is 59.5 Å². The number of aromatic nitrogens is 1. The van der Waals surface area contributed by atoms with Crippen molar-refractivity contribution in [2.24, 2.45) is 0 Å². The fourth-order valence-electron chi connectivity index (χ4n) is 2.53. The third-order valence-corrected chi connectivity index (χ3v) is 3.78. The first kappa shape index (κ1) is 17.3. The Kier molecular flexibility index (Phi) is 4.79. The molecule has 1 aromatic heterocycles. The first-order valence-corrected chi connectivity index (χ1v) is 7.65. The highest BCUT2D eigenvalue weighted by molar-refractivity contribution is 6.04. The van der Waals surface area contributed by atoms with Crippen molar-refractivity contribution in [1.82, 2.24) is 4.57 Å². The van der Waals surface area contributed by atoms with Crippen molar-refractivity contribution in [1.29, 1.82) is 0 Å². The number of rotatable bonds is 4. The van der Waals surface area contributed by atoms with Crippen LogP contribution in [0.3, 0.4) is 0 Å². The van der Waals surface area contributed by atoms with Crippen LogP contribution < -0.4 is 5.56 Å². The molecule has 2 aromatic carbocycles. The molecule has 132 valence electrons. The van der Waals surface area contributed by atoms with Crippen molar-refractivity contribution in [3.8, 4) is 5.69 Å². The first-order chi connectivity index (χ1) is 12.5. The number of fused-ring (bicyclic) bond motifs is 1. The van der Waals surface area contributed by atoms with E-state index in [1.165, 1.54) is 36.1 Å². The van der Waals surface area contributed by atoms with Gasteiger partial charge in [0.25, 0.3) is 5.56 Å². The Morgan fingerprint density at radius 3 is 2.50 bits per heavy atom. The summed E-state index contributed by atoms with van der Waals surface area (Å²) in [7, 11) is 1.18. The lowest BCUT2D eigenvalue weighted by atomic mass is 10.1. The summed E-state index contributed by atoms with van der Waals surface area (Å²) >= 11 is 0. The topological polar surface area (TPSA) is 74.6 Å². The summed E-state index contributed by atoms with van der Waals surface area (Å²) in [6.07, 6.45) is 1.28. The number of carbonyl (C=O) groups is 2. The van der Waals surface area contributed by atoms with Gasteiger partial charge in [-0.15, -0.1) is 0 Å². The third kappa shape index (κ3) is 3.32. The van der Waals surface area contributed by atoms with Gasteiger partial charge in [0.1, 0.15) is 5.82 Å². The van der Waals surface area contributed by atoms with Crippen molar-refractivity contribution in [2.75, 3.05) is 13.7 Å². The van der Waals surface area contributed by atoms with Crippen LogP contribution >= 0.6 is 0 Å². The molecular formula is C19H14FNO5. The van der Waals surface area contributed by atoms with Crippen molar-refractivity contribution in [3.63, 3.8) is 0 Å². The molecule has 0 aliphatic rings. The average Bonchev–Trinajstić information content (AvgIpc) is 2.66. The molecule has 1 heterocycles. The zero-order valence-electron chi connectivity index (χ0n) is 13.8. The quantitative estimate of drug-likeness (QED) is 0.672. The van der Waals surface area contributed by atoms with Gasteiger partial charge in [0.15, 0.2) is 6.61 Å². The summed E-state index contributed by atoms with van der Waals surface area (Å²) in [6, 6.07) is 11.9. The number of halogens is 1. The van der Waals surface area contributed by atoms with E-state index in [9.17, 15) is 18.8 Å². The summed E-state index contributed by atoms with van der Waals surface area (Å²) in [6.45, 7) is -0.553. The minimum absolute atomic E-state index is 0.0772. The van der Waals surface area contributed by atoms with Gasteiger partial charge in [0, 0.05) is 17.0 Å². The molecule has 0 spiro atoms. The van der Waals surface area contributed by atoms with E-state index in [1.54, 1.807) is 30.3 Å². The van der Waals surface area contributed by atoms with Gasteiger partial charge in [-0.3, -0.25) is 9.36 Å². The normalized spacial score (nSPS) is 10.5. The maximum atomic E-state index is 13.5. The minimum atomic E-state index is -0.795. The van der Waals surface area contributed by atoms with Crippen LogP contribution in [0.4, 0.5) is 4.39 Å². The largest absolute Gasteiger partial charge is 0.466 e. The lowest BCUT2D eigenvalue weighted by Crippen LogP contribution is -2.22. The molecule has 3 aromatic rings. The number of pyridine rings is 1. The minimum Gasteiger partial charge on any atom is -0.466 e. The molecule has 0 saturated heterocycles. The van der Waals surface area contributed by atoms with E-state index in [2.05, 4.69) is 4.74 Å². The van der Waals surface area contributed by atoms with Gasteiger partial charge in [-0.2, -0.15) is 0 Å². The van der Waals surface area contributed by atoms with Gasteiger partial charge < -0.3 is 9.47 Å².